The number of hydrogen-bond donors (Lipinski definition) is 3. The average molecular weight is 257 g/mol. The zero-order valence-electron chi connectivity index (χ0n) is 9.41. The normalized spacial score (nSPS) is 8.74. The Hall–Kier alpha value is -3.32. The molecule has 0 radical (unpaired) electrons. The van der Waals surface area contributed by atoms with Crippen molar-refractivity contribution in [1.29, 1.82) is 10.5 Å². The number of carboxylic acid groups (broad SMARTS) is 2. The Kier molecular flexibility index (Phi) is 4.23. The third-order valence-electron chi connectivity index (χ3n) is 2.05. The number of carbonyl (C=O) groups is 2. The van der Waals surface area contributed by atoms with Gasteiger partial charge in [-0.05, 0) is 18.2 Å². The highest BCUT2D eigenvalue weighted by Crippen LogP contribution is 2.16. The molecule has 19 heavy (non-hydrogen) atoms. The van der Waals surface area contributed by atoms with Crippen molar-refractivity contribution in [2.24, 2.45) is 0 Å². The van der Waals surface area contributed by atoms with Gasteiger partial charge in [-0.3, -0.25) is 0 Å². The highest BCUT2D eigenvalue weighted by Gasteiger charge is 2.11. The van der Waals surface area contributed by atoms with Crippen LogP contribution in [0.4, 0.5) is 5.69 Å². The fraction of sp³-hybridized carbons (Fsp3) is 0. The number of anilines is 1. The Morgan fingerprint density at radius 1 is 1.05 bits per heavy atom. The van der Waals surface area contributed by atoms with E-state index in [0.29, 0.717) is 0 Å². The molecule has 0 atom stereocenters. The van der Waals surface area contributed by atoms with Crippen LogP contribution in [0.2, 0.25) is 0 Å². The summed E-state index contributed by atoms with van der Waals surface area (Å²) in [7, 11) is 0. The van der Waals surface area contributed by atoms with E-state index in [0.717, 1.165) is 12.3 Å². The molecule has 0 unspecified atom stereocenters. The highest BCUT2D eigenvalue weighted by molar-refractivity contribution is 5.95. The minimum atomic E-state index is -1.28. The zero-order chi connectivity index (χ0) is 14.4. The summed E-state index contributed by atoms with van der Waals surface area (Å²) in [6.45, 7) is 0. The standard InChI is InChI=1S/C12H7N3O4/c13-4-7(5-14)6-15-10-2-8(11(16)17)1-9(3-10)12(18)19/h1-3,6,15H,(H,16,17)(H,18,19). The Balaban J connectivity index is 3.19. The molecule has 0 saturated carbocycles. The van der Waals surface area contributed by atoms with Crippen molar-refractivity contribution in [3.05, 3.63) is 41.1 Å². The van der Waals surface area contributed by atoms with E-state index < -0.39 is 11.9 Å². The summed E-state index contributed by atoms with van der Waals surface area (Å²) in [5.74, 6) is -2.56. The van der Waals surface area contributed by atoms with Crippen LogP contribution in [-0.4, -0.2) is 22.2 Å². The number of nitrogens with zero attached hydrogens (tertiary/aromatic N) is 2. The molecule has 94 valence electrons. The maximum atomic E-state index is 10.8. The second-order valence-electron chi connectivity index (χ2n) is 3.34. The number of benzene rings is 1. The van der Waals surface area contributed by atoms with Gasteiger partial charge in [-0.1, -0.05) is 0 Å². The first-order chi connectivity index (χ1) is 8.97. The van der Waals surface area contributed by atoms with Gasteiger partial charge in [-0.25, -0.2) is 9.59 Å². The quantitative estimate of drug-likeness (QED) is 0.694. The van der Waals surface area contributed by atoms with Gasteiger partial charge in [0.05, 0.1) is 11.1 Å². The minimum absolute atomic E-state index is 0.153. The lowest BCUT2D eigenvalue weighted by Gasteiger charge is -2.04. The van der Waals surface area contributed by atoms with E-state index in [1.165, 1.54) is 12.1 Å². The van der Waals surface area contributed by atoms with Crippen LogP contribution in [0.3, 0.4) is 0 Å². The van der Waals surface area contributed by atoms with Crippen LogP contribution in [0.25, 0.3) is 0 Å². The zero-order valence-corrected chi connectivity index (χ0v) is 9.41. The number of hydrogen-bond acceptors (Lipinski definition) is 5. The van der Waals surface area contributed by atoms with E-state index >= 15 is 0 Å². The smallest absolute Gasteiger partial charge is 0.335 e. The Morgan fingerprint density at radius 3 is 1.89 bits per heavy atom. The molecule has 0 amide bonds. The number of carboxylic acids is 2. The molecule has 1 aromatic rings. The van der Waals surface area contributed by atoms with Gasteiger partial charge in [0, 0.05) is 11.9 Å². The molecule has 0 saturated heterocycles. The maximum absolute atomic E-state index is 10.8. The number of aromatic carboxylic acids is 2. The molecule has 7 nitrogen and oxygen atoms in total. The van der Waals surface area contributed by atoms with Crippen molar-refractivity contribution < 1.29 is 19.8 Å². The van der Waals surface area contributed by atoms with E-state index in [1.54, 1.807) is 12.1 Å². The first-order valence-electron chi connectivity index (χ1n) is 4.86. The van der Waals surface area contributed by atoms with E-state index in [2.05, 4.69) is 5.32 Å². The molecule has 1 aromatic carbocycles. The number of rotatable bonds is 4. The topological polar surface area (TPSA) is 134 Å². The van der Waals surface area contributed by atoms with E-state index in [-0.39, 0.29) is 22.4 Å². The molecule has 0 bridgehead atoms. The van der Waals surface area contributed by atoms with Crippen molar-refractivity contribution in [2.75, 3.05) is 5.32 Å². The second-order valence-corrected chi connectivity index (χ2v) is 3.34. The molecular formula is C12H7N3O4. The number of nitrogens with one attached hydrogen (secondary N) is 1. The van der Waals surface area contributed by atoms with Gasteiger partial charge in [0.1, 0.15) is 17.7 Å². The first-order valence-corrected chi connectivity index (χ1v) is 4.86. The van der Waals surface area contributed by atoms with Crippen LogP contribution < -0.4 is 5.32 Å². The summed E-state index contributed by atoms with van der Waals surface area (Å²) in [5, 5.41) is 37.2. The van der Waals surface area contributed by atoms with Crippen LogP contribution >= 0.6 is 0 Å². The molecule has 7 heteroatoms. The maximum Gasteiger partial charge on any atom is 0.335 e. The Labute approximate surface area is 107 Å². The molecular weight excluding hydrogens is 250 g/mol. The fourth-order valence-corrected chi connectivity index (χ4v) is 1.20. The lowest BCUT2D eigenvalue weighted by Crippen LogP contribution is -2.04. The van der Waals surface area contributed by atoms with Gasteiger partial charge >= 0.3 is 11.9 Å². The van der Waals surface area contributed by atoms with E-state index in [4.69, 9.17) is 20.7 Å². The summed E-state index contributed by atoms with van der Waals surface area (Å²) < 4.78 is 0. The molecule has 1 rings (SSSR count). The van der Waals surface area contributed by atoms with Crippen LogP contribution in [0.5, 0.6) is 0 Å². The SMILES string of the molecule is N#CC(C#N)=CNc1cc(C(=O)O)cc(C(=O)O)c1. The van der Waals surface area contributed by atoms with Crippen LogP contribution in [0, 0.1) is 22.7 Å². The van der Waals surface area contributed by atoms with Crippen molar-refractivity contribution in [2.45, 2.75) is 0 Å². The second kappa shape index (κ2) is 5.84. The Bertz CT molecular complexity index is 602. The van der Waals surface area contributed by atoms with Gasteiger partial charge < -0.3 is 15.5 Å². The minimum Gasteiger partial charge on any atom is -0.478 e. The largest absolute Gasteiger partial charge is 0.478 e. The molecule has 3 N–H and O–H groups in total. The van der Waals surface area contributed by atoms with E-state index in [9.17, 15) is 9.59 Å². The molecule has 0 fully saturated rings. The highest BCUT2D eigenvalue weighted by atomic mass is 16.4. The van der Waals surface area contributed by atoms with Crippen molar-refractivity contribution in [3.63, 3.8) is 0 Å². The van der Waals surface area contributed by atoms with Crippen molar-refractivity contribution in [3.8, 4) is 12.1 Å². The molecule has 0 aliphatic carbocycles. The summed E-state index contributed by atoms with van der Waals surface area (Å²) in [6, 6.07) is 6.60. The monoisotopic (exact) mass is 257 g/mol. The van der Waals surface area contributed by atoms with Crippen molar-refractivity contribution >= 4 is 17.6 Å². The van der Waals surface area contributed by atoms with Gasteiger partial charge in [-0.2, -0.15) is 10.5 Å². The third kappa shape index (κ3) is 3.58. The van der Waals surface area contributed by atoms with Crippen molar-refractivity contribution in [1.82, 2.24) is 0 Å². The summed E-state index contributed by atoms with van der Waals surface area (Å²) in [6.07, 6.45) is 1.06. The molecule has 0 aromatic heterocycles. The van der Waals surface area contributed by atoms with Gasteiger partial charge in [0.2, 0.25) is 0 Å². The van der Waals surface area contributed by atoms with E-state index in [1.807, 2.05) is 0 Å². The van der Waals surface area contributed by atoms with Crippen LogP contribution in [0.15, 0.2) is 30.0 Å². The predicted octanol–water partition coefficient (Wildman–Crippen LogP) is 1.43. The molecule has 0 spiro atoms. The Morgan fingerprint density at radius 2 is 1.53 bits per heavy atom. The fourth-order valence-electron chi connectivity index (χ4n) is 1.20. The van der Waals surface area contributed by atoms with Crippen LogP contribution in [0.1, 0.15) is 20.7 Å². The predicted molar refractivity (Wildman–Crippen MR) is 63.3 cm³/mol. The summed E-state index contributed by atoms with van der Waals surface area (Å²) in [5.41, 5.74) is -0.504. The summed E-state index contributed by atoms with van der Waals surface area (Å²) >= 11 is 0. The van der Waals surface area contributed by atoms with Gasteiger partial charge in [0.15, 0.2) is 0 Å². The van der Waals surface area contributed by atoms with Gasteiger partial charge in [0.25, 0.3) is 0 Å². The molecule has 0 heterocycles. The third-order valence-corrected chi connectivity index (χ3v) is 2.05. The molecule has 0 aliphatic heterocycles. The van der Waals surface area contributed by atoms with Crippen LogP contribution in [-0.2, 0) is 0 Å². The average Bonchev–Trinajstić information content (AvgIpc) is 2.39. The lowest BCUT2D eigenvalue weighted by molar-refractivity contribution is 0.0696. The first kappa shape index (κ1) is 13.7. The van der Waals surface area contributed by atoms with Gasteiger partial charge in [-0.15, -0.1) is 0 Å². The number of allylic oxidation sites excluding steroid dienone is 1. The summed E-state index contributed by atoms with van der Waals surface area (Å²) in [4.78, 5) is 21.7. The molecule has 0 aliphatic rings. The lowest BCUT2D eigenvalue weighted by atomic mass is 10.1. The number of nitriles is 2.